The number of nitrogens with one attached hydrogen (secondary N) is 1. The van der Waals surface area contributed by atoms with Gasteiger partial charge in [0.25, 0.3) is 0 Å². The number of benzene rings is 1. The number of aryl methyl sites for hydroxylation is 1. The molecule has 0 atom stereocenters. The van der Waals surface area contributed by atoms with Gasteiger partial charge in [-0.3, -0.25) is 0 Å². The molecule has 1 N–H and O–H groups in total. The second-order valence-corrected chi connectivity index (χ2v) is 5.17. The molecule has 0 aliphatic rings. The first-order valence-electron chi connectivity index (χ1n) is 6.08. The summed E-state index contributed by atoms with van der Waals surface area (Å²) in [4.78, 5) is 0. The molecule has 0 fully saturated rings. The highest BCUT2D eigenvalue weighted by Crippen LogP contribution is 2.18. The Bertz CT molecular complexity index is 541. The summed E-state index contributed by atoms with van der Waals surface area (Å²) in [6.45, 7) is 4.25. The van der Waals surface area contributed by atoms with Gasteiger partial charge in [-0.25, -0.2) is 4.68 Å². The number of nitrogens with zero attached hydrogens (tertiary/aromatic N) is 3. The Labute approximate surface area is 121 Å². The predicted molar refractivity (Wildman–Crippen MR) is 77.4 cm³/mol. The van der Waals surface area contributed by atoms with Crippen LogP contribution in [0.2, 0.25) is 0 Å². The zero-order valence-corrected chi connectivity index (χ0v) is 12.6. The van der Waals surface area contributed by atoms with Crippen LogP contribution in [-0.2, 0) is 11.3 Å². The average molecular weight is 325 g/mol. The number of hydrogen-bond donors (Lipinski definition) is 1. The molecule has 0 radical (unpaired) electrons. The Morgan fingerprint density at radius 3 is 3.00 bits per heavy atom. The molecule has 2 rings (SSSR count). The molecule has 19 heavy (non-hydrogen) atoms. The molecule has 102 valence electrons. The molecular formula is C13H17BrN4O. The second kappa shape index (κ2) is 6.79. The molecule has 1 heterocycles. The van der Waals surface area contributed by atoms with Crippen LogP contribution in [0.1, 0.15) is 11.3 Å². The lowest BCUT2D eigenvalue weighted by atomic mass is 10.2. The molecule has 0 aliphatic heterocycles. The Balaban J connectivity index is 2.04. The molecule has 2 aromatic rings. The standard InChI is InChI=1S/C13H17BrN4O/c1-10-7-11(14)3-4-13(10)18-9-12(16-17-18)8-15-5-6-19-2/h3-4,7,9,15H,5-6,8H2,1-2H3. The Kier molecular flexibility index (Phi) is 5.07. The number of ether oxygens (including phenoxy) is 1. The lowest BCUT2D eigenvalue weighted by molar-refractivity contribution is 0.199. The summed E-state index contributed by atoms with van der Waals surface area (Å²) in [5.41, 5.74) is 3.11. The van der Waals surface area contributed by atoms with Crippen molar-refractivity contribution in [1.29, 1.82) is 0 Å². The summed E-state index contributed by atoms with van der Waals surface area (Å²) in [6.07, 6.45) is 1.94. The molecule has 0 unspecified atom stereocenters. The van der Waals surface area contributed by atoms with Gasteiger partial charge in [-0.2, -0.15) is 0 Å². The van der Waals surface area contributed by atoms with E-state index in [2.05, 4.69) is 44.5 Å². The van der Waals surface area contributed by atoms with Crippen molar-refractivity contribution in [3.05, 3.63) is 40.1 Å². The zero-order chi connectivity index (χ0) is 13.7. The first kappa shape index (κ1) is 14.2. The van der Waals surface area contributed by atoms with Gasteiger partial charge in [-0.15, -0.1) is 5.10 Å². The molecule has 1 aromatic heterocycles. The maximum atomic E-state index is 4.97. The van der Waals surface area contributed by atoms with Gasteiger partial charge in [-0.1, -0.05) is 21.1 Å². The van der Waals surface area contributed by atoms with Gasteiger partial charge in [0.05, 0.1) is 24.2 Å². The Morgan fingerprint density at radius 1 is 1.42 bits per heavy atom. The third-order valence-electron chi connectivity index (χ3n) is 2.74. The second-order valence-electron chi connectivity index (χ2n) is 4.25. The van der Waals surface area contributed by atoms with Crippen LogP contribution in [-0.4, -0.2) is 35.3 Å². The molecule has 0 amide bonds. The van der Waals surface area contributed by atoms with Crippen LogP contribution in [0.15, 0.2) is 28.9 Å². The first-order valence-corrected chi connectivity index (χ1v) is 6.87. The molecule has 6 heteroatoms. The highest BCUT2D eigenvalue weighted by molar-refractivity contribution is 9.10. The number of methoxy groups -OCH3 is 1. The maximum absolute atomic E-state index is 4.97. The summed E-state index contributed by atoms with van der Waals surface area (Å²) in [5.74, 6) is 0. The first-order chi connectivity index (χ1) is 9.20. The van der Waals surface area contributed by atoms with E-state index in [1.165, 1.54) is 0 Å². The smallest absolute Gasteiger partial charge is 0.0969 e. The lowest BCUT2D eigenvalue weighted by Gasteiger charge is -2.04. The molecular weight excluding hydrogens is 308 g/mol. The van der Waals surface area contributed by atoms with Crippen LogP contribution in [0.4, 0.5) is 0 Å². The van der Waals surface area contributed by atoms with Crippen LogP contribution in [0.5, 0.6) is 0 Å². The quantitative estimate of drug-likeness (QED) is 0.826. The van der Waals surface area contributed by atoms with Crippen molar-refractivity contribution in [3.63, 3.8) is 0 Å². The van der Waals surface area contributed by atoms with Gasteiger partial charge in [0.1, 0.15) is 0 Å². The average Bonchev–Trinajstić information content (AvgIpc) is 2.83. The van der Waals surface area contributed by atoms with Crippen molar-refractivity contribution in [3.8, 4) is 5.69 Å². The van der Waals surface area contributed by atoms with E-state index in [4.69, 9.17) is 4.74 Å². The van der Waals surface area contributed by atoms with Crippen LogP contribution in [0.3, 0.4) is 0 Å². The molecule has 0 bridgehead atoms. The number of halogens is 1. The lowest BCUT2D eigenvalue weighted by Crippen LogP contribution is -2.18. The van der Waals surface area contributed by atoms with E-state index in [1.54, 1.807) is 11.8 Å². The van der Waals surface area contributed by atoms with Crippen molar-refractivity contribution in [1.82, 2.24) is 20.3 Å². The molecule has 0 spiro atoms. The summed E-state index contributed by atoms with van der Waals surface area (Å²) >= 11 is 3.46. The van der Waals surface area contributed by atoms with E-state index in [1.807, 2.05) is 18.3 Å². The van der Waals surface area contributed by atoms with Crippen molar-refractivity contribution in [2.75, 3.05) is 20.3 Å². The van der Waals surface area contributed by atoms with E-state index in [0.29, 0.717) is 13.2 Å². The van der Waals surface area contributed by atoms with E-state index in [0.717, 1.165) is 28.0 Å². The van der Waals surface area contributed by atoms with Crippen molar-refractivity contribution in [2.24, 2.45) is 0 Å². The normalized spacial score (nSPS) is 10.9. The summed E-state index contributed by atoms with van der Waals surface area (Å²) in [7, 11) is 1.69. The van der Waals surface area contributed by atoms with Crippen LogP contribution in [0.25, 0.3) is 5.69 Å². The predicted octanol–water partition coefficient (Wildman–Crippen LogP) is 2.07. The Morgan fingerprint density at radius 2 is 2.26 bits per heavy atom. The van der Waals surface area contributed by atoms with E-state index in [-0.39, 0.29) is 0 Å². The van der Waals surface area contributed by atoms with Crippen LogP contribution < -0.4 is 5.32 Å². The van der Waals surface area contributed by atoms with Gasteiger partial charge in [-0.05, 0) is 30.7 Å². The highest BCUT2D eigenvalue weighted by Gasteiger charge is 2.05. The third kappa shape index (κ3) is 3.86. The van der Waals surface area contributed by atoms with Gasteiger partial charge < -0.3 is 10.1 Å². The highest BCUT2D eigenvalue weighted by atomic mass is 79.9. The largest absolute Gasteiger partial charge is 0.383 e. The fraction of sp³-hybridized carbons (Fsp3) is 0.385. The summed E-state index contributed by atoms with van der Waals surface area (Å²) in [6, 6.07) is 6.09. The van der Waals surface area contributed by atoms with E-state index in [9.17, 15) is 0 Å². The van der Waals surface area contributed by atoms with Gasteiger partial charge >= 0.3 is 0 Å². The van der Waals surface area contributed by atoms with Crippen molar-refractivity contribution >= 4 is 15.9 Å². The molecule has 5 nitrogen and oxygen atoms in total. The van der Waals surface area contributed by atoms with Crippen molar-refractivity contribution in [2.45, 2.75) is 13.5 Å². The number of hydrogen-bond acceptors (Lipinski definition) is 4. The minimum absolute atomic E-state index is 0.693. The molecule has 0 saturated carbocycles. The fourth-order valence-electron chi connectivity index (χ4n) is 1.76. The molecule has 0 aliphatic carbocycles. The minimum Gasteiger partial charge on any atom is -0.383 e. The SMILES string of the molecule is COCCNCc1cn(-c2ccc(Br)cc2C)nn1. The zero-order valence-electron chi connectivity index (χ0n) is 11.1. The van der Waals surface area contributed by atoms with Crippen LogP contribution in [0, 0.1) is 6.92 Å². The molecule has 1 aromatic carbocycles. The van der Waals surface area contributed by atoms with Crippen molar-refractivity contribution < 1.29 is 4.74 Å². The van der Waals surface area contributed by atoms with Gasteiger partial charge in [0.2, 0.25) is 0 Å². The minimum atomic E-state index is 0.693. The van der Waals surface area contributed by atoms with Gasteiger partial charge in [0.15, 0.2) is 0 Å². The fourth-order valence-corrected chi connectivity index (χ4v) is 2.24. The third-order valence-corrected chi connectivity index (χ3v) is 3.23. The van der Waals surface area contributed by atoms with Crippen LogP contribution >= 0.6 is 15.9 Å². The Hall–Kier alpha value is -1.24. The maximum Gasteiger partial charge on any atom is 0.0969 e. The topological polar surface area (TPSA) is 52.0 Å². The monoisotopic (exact) mass is 324 g/mol. The molecule has 0 saturated heterocycles. The summed E-state index contributed by atoms with van der Waals surface area (Å²) < 4.78 is 7.84. The summed E-state index contributed by atoms with van der Waals surface area (Å²) in [5, 5.41) is 11.6. The van der Waals surface area contributed by atoms with E-state index >= 15 is 0 Å². The van der Waals surface area contributed by atoms with E-state index < -0.39 is 0 Å². The number of aromatic nitrogens is 3. The number of rotatable bonds is 6. The van der Waals surface area contributed by atoms with Gasteiger partial charge in [0, 0.05) is 24.7 Å².